The van der Waals surface area contributed by atoms with Gasteiger partial charge in [-0.05, 0) is 17.7 Å². The van der Waals surface area contributed by atoms with Crippen LogP contribution in [0.4, 0.5) is 4.39 Å². The summed E-state index contributed by atoms with van der Waals surface area (Å²) in [6, 6.07) is 5.33. The number of hydrogen-bond acceptors (Lipinski definition) is 5. The molecule has 3 aromatic rings. The summed E-state index contributed by atoms with van der Waals surface area (Å²) in [6.45, 7) is 0. The fourth-order valence-electron chi connectivity index (χ4n) is 1.80. The molecular formula is C12H8FN5O2. The highest BCUT2D eigenvalue weighted by Crippen LogP contribution is 2.25. The van der Waals surface area contributed by atoms with Crippen LogP contribution in [0.1, 0.15) is 0 Å². The van der Waals surface area contributed by atoms with Crippen LogP contribution in [0.2, 0.25) is 0 Å². The number of nitrogens with zero attached hydrogens (tertiary/aromatic N) is 3. The van der Waals surface area contributed by atoms with E-state index in [0.717, 1.165) is 6.07 Å². The van der Waals surface area contributed by atoms with E-state index in [1.165, 1.54) is 24.4 Å². The lowest BCUT2D eigenvalue weighted by Crippen LogP contribution is -2.12. The largest absolute Gasteiger partial charge is 0.493 e. The molecule has 0 bridgehead atoms. The summed E-state index contributed by atoms with van der Waals surface area (Å²) in [5, 5.41) is 19.6. The summed E-state index contributed by atoms with van der Waals surface area (Å²) in [7, 11) is 0. The molecule has 3 rings (SSSR count). The lowest BCUT2D eigenvalue weighted by atomic mass is 10.1. The second-order valence-corrected chi connectivity index (χ2v) is 3.98. The van der Waals surface area contributed by atoms with E-state index < -0.39 is 17.3 Å². The molecule has 0 aliphatic rings. The van der Waals surface area contributed by atoms with Crippen molar-refractivity contribution in [2.45, 2.75) is 0 Å². The Bertz CT molecular complexity index is 813. The van der Waals surface area contributed by atoms with Crippen molar-refractivity contribution in [2.24, 2.45) is 0 Å². The molecule has 1 aromatic carbocycles. The van der Waals surface area contributed by atoms with Gasteiger partial charge in [0.2, 0.25) is 5.88 Å². The molecule has 2 heterocycles. The lowest BCUT2D eigenvalue weighted by molar-refractivity contribution is 0.454. The average Bonchev–Trinajstić information content (AvgIpc) is 2.91. The van der Waals surface area contributed by atoms with E-state index in [4.69, 9.17) is 0 Å². The maximum absolute atomic E-state index is 13.2. The number of halogens is 1. The number of benzene rings is 1. The molecule has 100 valence electrons. The third-order valence-electron chi connectivity index (χ3n) is 2.67. The highest BCUT2D eigenvalue weighted by atomic mass is 19.1. The quantitative estimate of drug-likeness (QED) is 0.647. The first-order valence-corrected chi connectivity index (χ1v) is 5.60. The number of hydrogen-bond donors (Lipinski definition) is 3. The summed E-state index contributed by atoms with van der Waals surface area (Å²) >= 11 is 0. The van der Waals surface area contributed by atoms with Crippen molar-refractivity contribution in [1.82, 2.24) is 25.4 Å². The summed E-state index contributed by atoms with van der Waals surface area (Å²) in [5.41, 5.74) is -0.177. The van der Waals surface area contributed by atoms with Gasteiger partial charge in [-0.3, -0.25) is 4.79 Å². The molecule has 0 fully saturated rings. The Balaban J connectivity index is 2.17. The van der Waals surface area contributed by atoms with Crippen LogP contribution in [0.5, 0.6) is 5.88 Å². The van der Waals surface area contributed by atoms with Gasteiger partial charge in [-0.15, -0.1) is 0 Å². The third kappa shape index (κ3) is 2.03. The number of aromatic hydroxyl groups is 1. The molecule has 3 N–H and O–H groups in total. The SMILES string of the molecule is O=c1[nH]c(-c2cn[nH]n2)nc(O)c1-c1cccc(F)c1. The zero-order chi connectivity index (χ0) is 14.1. The van der Waals surface area contributed by atoms with Gasteiger partial charge in [-0.2, -0.15) is 20.4 Å². The molecule has 0 saturated heterocycles. The van der Waals surface area contributed by atoms with Crippen molar-refractivity contribution in [2.75, 3.05) is 0 Å². The number of rotatable bonds is 2. The molecule has 0 aliphatic heterocycles. The van der Waals surface area contributed by atoms with Crippen molar-refractivity contribution >= 4 is 0 Å². The number of nitrogens with one attached hydrogen (secondary N) is 2. The van der Waals surface area contributed by atoms with Crippen LogP contribution in [0.25, 0.3) is 22.6 Å². The van der Waals surface area contributed by atoms with Gasteiger partial charge < -0.3 is 10.1 Å². The molecule has 0 aliphatic carbocycles. The van der Waals surface area contributed by atoms with Gasteiger partial charge in [0.15, 0.2) is 5.82 Å². The highest BCUT2D eigenvalue weighted by molar-refractivity contribution is 5.68. The summed E-state index contributed by atoms with van der Waals surface area (Å²) in [4.78, 5) is 18.3. The lowest BCUT2D eigenvalue weighted by Gasteiger charge is -2.04. The topological polar surface area (TPSA) is 108 Å². The monoisotopic (exact) mass is 273 g/mol. The maximum atomic E-state index is 13.2. The molecule has 20 heavy (non-hydrogen) atoms. The molecule has 0 unspecified atom stereocenters. The minimum Gasteiger partial charge on any atom is -0.493 e. The highest BCUT2D eigenvalue weighted by Gasteiger charge is 2.15. The number of aromatic amines is 2. The first kappa shape index (κ1) is 12.0. The molecule has 0 atom stereocenters. The fraction of sp³-hybridized carbons (Fsp3) is 0. The van der Waals surface area contributed by atoms with Gasteiger partial charge >= 0.3 is 0 Å². The minimum atomic E-state index is -0.596. The Morgan fingerprint density at radius 3 is 2.80 bits per heavy atom. The van der Waals surface area contributed by atoms with Crippen LogP contribution in [-0.2, 0) is 0 Å². The Hall–Kier alpha value is -3.03. The van der Waals surface area contributed by atoms with Crippen LogP contribution in [0.3, 0.4) is 0 Å². The predicted octanol–water partition coefficient (Wildman–Crippen LogP) is 1.07. The van der Waals surface area contributed by atoms with Gasteiger partial charge in [0.1, 0.15) is 17.1 Å². The average molecular weight is 273 g/mol. The van der Waals surface area contributed by atoms with Crippen molar-refractivity contribution in [3.05, 3.63) is 46.6 Å². The molecule has 2 aromatic heterocycles. The molecule has 7 nitrogen and oxygen atoms in total. The molecule has 0 saturated carbocycles. The van der Waals surface area contributed by atoms with Crippen LogP contribution in [-0.4, -0.2) is 30.5 Å². The van der Waals surface area contributed by atoms with E-state index in [2.05, 4.69) is 25.4 Å². The second-order valence-electron chi connectivity index (χ2n) is 3.98. The molecule has 0 radical (unpaired) electrons. The molecule has 8 heteroatoms. The smallest absolute Gasteiger partial charge is 0.262 e. The van der Waals surface area contributed by atoms with Crippen LogP contribution >= 0.6 is 0 Å². The number of H-pyrrole nitrogens is 2. The van der Waals surface area contributed by atoms with E-state index in [-0.39, 0.29) is 22.6 Å². The Labute approximate surface area is 111 Å². The van der Waals surface area contributed by atoms with Gasteiger partial charge in [0.05, 0.1) is 6.20 Å². The zero-order valence-electron chi connectivity index (χ0n) is 9.96. The van der Waals surface area contributed by atoms with Gasteiger partial charge in [0.25, 0.3) is 5.56 Å². The van der Waals surface area contributed by atoms with Crippen molar-refractivity contribution in [1.29, 1.82) is 0 Å². The standard InChI is InChI=1S/C12H8FN5O2/c13-7-3-1-2-6(4-7)9-11(19)15-10(16-12(9)20)8-5-14-18-17-8/h1-5H,(H,14,17,18)(H2,15,16,19,20). The Kier molecular flexibility index (Phi) is 2.75. The van der Waals surface area contributed by atoms with E-state index in [1.807, 2.05) is 0 Å². The summed E-state index contributed by atoms with van der Waals surface area (Å²) < 4.78 is 13.2. The second kappa shape index (κ2) is 4.57. The predicted molar refractivity (Wildman–Crippen MR) is 67.3 cm³/mol. The van der Waals surface area contributed by atoms with Crippen molar-refractivity contribution < 1.29 is 9.50 Å². The van der Waals surface area contributed by atoms with Gasteiger partial charge in [-0.25, -0.2) is 4.39 Å². The van der Waals surface area contributed by atoms with E-state index in [1.54, 1.807) is 0 Å². The molecule has 0 amide bonds. The van der Waals surface area contributed by atoms with Gasteiger partial charge in [-0.1, -0.05) is 12.1 Å². The summed E-state index contributed by atoms with van der Waals surface area (Å²) in [5.74, 6) is -0.944. The first-order chi connectivity index (χ1) is 9.65. The first-order valence-electron chi connectivity index (χ1n) is 5.60. The van der Waals surface area contributed by atoms with Crippen LogP contribution in [0, 0.1) is 5.82 Å². The van der Waals surface area contributed by atoms with E-state index in [9.17, 15) is 14.3 Å². The van der Waals surface area contributed by atoms with Crippen LogP contribution in [0.15, 0.2) is 35.3 Å². The Morgan fingerprint density at radius 2 is 2.15 bits per heavy atom. The normalized spacial score (nSPS) is 10.7. The third-order valence-corrected chi connectivity index (χ3v) is 2.67. The maximum Gasteiger partial charge on any atom is 0.262 e. The minimum absolute atomic E-state index is 0.0707. The van der Waals surface area contributed by atoms with Crippen molar-refractivity contribution in [3.63, 3.8) is 0 Å². The summed E-state index contributed by atoms with van der Waals surface area (Å²) in [6.07, 6.45) is 1.35. The van der Waals surface area contributed by atoms with Crippen molar-refractivity contribution in [3.8, 4) is 28.5 Å². The van der Waals surface area contributed by atoms with E-state index in [0.29, 0.717) is 0 Å². The van der Waals surface area contributed by atoms with E-state index >= 15 is 0 Å². The fourth-order valence-corrected chi connectivity index (χ4v) is 1.80. The Morgan fingerprint density at radius 1 is 1.30 bits per heavy atom. The molecular weight excluding hydrogens is 265 g/mol. The van der Waals surface area contributed by atoms with Gasteiger partial charge in [0, 0.05) is 0 Å². The zero-order valence-corrected chi connectivity index (χ0v) is 9.96. The molecule has 0 spiro atoms. The number of aromatic nitrogens is 5. The van der Waals surface area contributed by atoms with Crippen LogP contribution < -0.4 is 5.56 Å².